The van der Waals surface area contributed by atoms with Gasteiger partial charge in [0.15, 0.2) is 0 Å². The highest BCUT2D eigenvalue weighted by molar-refractivity contribution is 5.30. The van der Waals surface area contributed by atoms with Crippen LogP contribution in [0.25, 0.3) is 0 Å². The molecule has 0 aliphatic carbocycles. The molecule has 192 valence electrons. The van der Waals surface area contributed by atoms with E-state index in [-0.39, 0.29) is 0 Å². The van der Waals surface area contributed by atoms with Crippen LogP contribution in [0.2, 0.25) is 0 Å². The summed E-state index contributed by atoms with van der Waals surface area (Å²) in [4.78, 5) is 0. The lowest BCUT2D eigenvalue weighted by Gasteiger charge is -1.92. The normalized spacial score (nSPS) is 8.81. The Balaban J connectivity index is 0.000000232. The Morgan fingerprint density at radius 2 is 0.514 bits per heavy atom. The van der Waals surface area contributed by atoms with Crippen molar-refractivity contribution in [2.75, 3.05) is 0 Å². The smallest absolute Gasteiger partial charge is 0.118 e. The molecular weight excluding hydrogens is 464 g/mol. The summed E-state index contributed by atoms with van der Waals surface area (Å²) < 4.78 is 0. The number of hydrogen-bond acceptors (Lipinski definition) is 5. The van der Waals surface area contributed by atoms with Crippen LogP contribution in [0, 0.1) is 13.8 Å². The van der Waals surface area contributed by atoms with Gasteiger partial charge in [-0.3, -0.25) is 0 Å². The maximum atomic E-state index is 8.92. The van der Waals surface area contributed by atoms with E-state index in [4.69, 9.17) is 25.5 Å². The molecular formula is C32H34O5. The lowest BCUT2D eigenvalue weighted by Crippen LogP contribution is -1.68. The van der Waals surface area contributed by atoms with Gasteiger partial charge < -0.3 is 25.5 Å². The fourth-order valence-electron chi connectivity index (χ4n) is 2.41. The Morgan fingerprint density at radius 3 is 0.649 bits per heavy atom. The topological polar surface area (TPSA) is 101 Å². The fourth-order valence-corrected chi connectivity index (χ4v) is 2.41. The monoisotopic (exact) mass is 498 g/mol. The molecule has 0 radical (unpaired) electrons. The zero-order valence-electron chi connectivity index (χ0n) is 21.0. The van der Waals surface area contributed by atoms with Crippen molar-refractivity contribution in [1.82, 2.24) is 0 Å². The molecule has 0 saturated carbocycles. The quantitative estimate of drug-likeness (QED) is 0.151. The average molecular weight is 499 g/mol. The lowest BCUT2D eigenvalue weighted by atomic mass is 10.2. The van der Waals surface area contributed by atoms with Gasteiger partial charge in [-0.25, -0.2) is 0 Å². The second kappa shape index (κ2) is 18.4. The van der Waals surface area contributed by atoms with E-state index in [0.717, 1.165) is 11.1 Å². The van der Waals surface area contributed by atoms with Crippen molar-refractivity contribution in [2.45, 2.75) is 13.8 Å². The predicted octanol–water partition coefficient (Wildman–Crippen LogP) is 7.58. The van der Waals surface area contributed by atoms with Gasteiger partial charge in [0.05, 0.1) is 0 Å². The van der Waals surface area contributed by atoms with Gasteiger partial charge in [-0.1, -0.05) is 91.0 Å². The number of aryl methyl sites for hydroxylation is 2. The molecule has 0 amide bonds. The van der Waals surface area contributed by atoms with Crippen LogP contribution in [0.3, 0.4) is 0 Å². The van der Waals surface area contributed by atoms with Crippen molar-refractivity contribution in [1.29, 1.82) is 0 Å². The highest BCUT2D eigenvalue weighted by atomic mass is 16.3. The summed E-state index contributed by atoms with van der Waals surface area (Å²) in [5.41, 5.74) is 1.85. The molecule has 0 aliphatic rings. The second-order valence-corrected chi connectivity index (χ2v) is 7.58. The highest BCUT2D eigenvalue weighted by Gasteiger charge is 1.87. The summed E-state index contributed by atoms with van der Waals surface area (Å²) in [6, 6.07) is 40.6. The number of rotatable bonds is 0. The van der Waals surface area contributed by atoms with Crippen molar-refractivity contribution >= 4 is 0 Å². The summed E-state index contributed by atoms with van der Waals surface area (Å²) in [7, 11) is 0. The van der Waals surface area contributed by atoms with Gasteiger partial charge in [-0.05, 0) is 73.5 Å². The van der Waals surface area contributed by atoms with E-state index in [1.54, 1.807) is 84.9 Å². The Morgan fingerprint density at radius 1 is 0.297 bits per heavy atom. The molecule has 0 fully saturated rings. The first kappa shape index (κ1) is 30.1. The fraction of sp³-hybridized carbons (Fsp3) is 0.0625. The number of para-hydroxylation sites is 5. The minimum atomic E-state index is 0.322. The van der Waals surface area contributed by atoms with Gasteiger partial charge in [0, 0.05) is 0 Å². The molecule has 5 nitrogen and oxygen atoms in total. The summed E-state index contributed by atoms with van der Waals surface area (Å²) in [6.45, 7) is 3.74. The minimum Gasteiger partial charge on any atom is -0.508 e. The molecule has 5 N–H and O–H groups in total. The molecule has 0 bridgehead atoms. The van der Waals surface area contributed by atoms with Crippen LogP contribution in [0.1, 0.15) is 11.1 Å². The highest BCUT2D eigenvalue weighted by Crippen LogP contribution is 2.13. The van der Waals surface area contributed by atoms with Gasteiger partial charge in [-0.15, -0.1) is 0 Å². The van der Waals surface area contributed by atoms with Gasteiger partial charge in [0.1, 0.15) is 28.7 Å². The van der Waals surface area contributed by atoms with Crippen molar-refractivity contribution in [3.8, 4) is 28.7 Å². The molecule has 0 heterocycles. The standard InChI is InChI=1S/2C7H8O.3C6H6O/c2*1-6-4-2-3-5-7(6)8;3*7-6-4-2-1-3-5-6/h2*2-5,8H,1H3;3*1-5,7H. The minimum absolute atomic E-state index is 0.322. The number of phenolic OH excluding ortho intramolecular Hbond substituents is 5. The van der Waals surface area contributed by atoms with Crippen LogP contribution in [-0.4, -0.2) is 25.5 Å². The molecule has 0 atom stereocenters. The molecule has 0 unspecified atom stereocenters. The van der Waals surface area contributed by atoms with Crippen LogP contribution >= 0.6 is 0 Å². The maximum Gasteiger partial charge on any atom is 0.118 e. The SMILES string of the molecule is Cc1ccccc1O.Cc1ccccc1O.Oc1ccccc1.Oc1ccccc1.Oc1ccccc1. The Kier molecular flexibility index (Phi) is 15.0. The Bertz CT molecular complexity index is 1050. The van der Waals surface area contributed by atoms with Crippen molar-refractivity contribution < 1.29 is 25.5 Å². The van der Waals surface area contributed by atoms with Crippen molar-refractivity contribution in [3.63, 3.8) is 0 Å². The largest absolute Gasteiger partial charge is 0.508 e. The third-order valence-electron chi connectivity index (χ3n) is 4.50. The predicted molar refractivity (Wildman–Crippen MR) is 150 cm³/mol. The van der Waals surface area contributed by atoms with E-state index in [9.17, 15) is 0 Å². The van der Waals surface area contributed by atoms with Gasteiger partial charge in [0.2, 0.25) is 0 Å². The van der Waals surface area contributed by atoms with Gasteiger partial charge in [0.25, 0.3) is 0 Å². The van der Waals surface area contributed by atoms with Crippen molar-refractivity contribution in [2.24, 2.45) is 0 Å². The zero-order chi connectivity index (χ0) is 27.3. The van der Waals surface area contributed by atoms with Crippen LogP contribution in [0.15, 0.2) is 140 Å². The molecule has 5 aromatic rings. The molecule has 5 aromatic carbocycles. The van der Waals surface area contributed by atoms with E-state index in [0.29, 0.717) is 28.7 Å². The molecule has 5 rings (SSSR count). The summed E-state index contributed by atoms with van der Waals surface area (Å²) >= 11 is 0. The first-order valence-corrected chi connectivity index (χ1v) is 11.5. The summed E-state index contributed by atoms with van der Waals surface area (Å²) in [5.74, 6) is 1.70. The first-order valence-electron chi connectivity index (χ1n) is 11.5. The maximum absolute atomic E-state index is 8.92. The average Bonchev–Trinajstić information content (AvgIpc) is 2.91. The van der Waals surface area contributed by atoms with E-state index in [1.807, 2.05) is 68.4 Å². The van der Waals surface area contributed by atoms with Gasteiger partial charge in [-0.2, -0.15) is 0 Å². The number of hydrogen-bond donors (Lipinski definition) is 5. The van der Waals surface area contributed by atoms with E-state index >= 15 is 0 Å². The van der Waals surface area contributed by atoms with E-state index in [1.165, 1.54) is 0 Å². The van der Waals surface area contributed by atoms with Crippen LogP contribution < -0.4 is 0 Å². The second-order valence-electron chi connectivity index (χ2n) is 7.58. The summed E-state index contributed by atoms with van der Waals surface area (Å²) in [6.07, 6.45) is 0. The Labute approximate surface area is 218 Å². The first-order chi connectivity index (χ1) is 17.8. The molecule has 0 saturated heterocycles. The zero-order valence-corrected chi connectivity index (χ0v) is 21.0. The number of phenols is 5. The van der Waals surface area contributed by atoms with Crippen LogP contribution in [0.5, 0.6) is 28.7 Å². The number of aromatic hydroxyl groups is 5. The number of benzene rings is 5. The molecule has 5 heteroatoms. The van der Waals surface area contributed by atoms with Gasteiger partial charge >= 0.3 is 0 Å². The molecule has 0 aromatic heterocycles. The Hall–Kier alpha value is -4.90. The third kappa shape index (κ3) is 15.6. The summed E-state index contributed by atoms with van der Waals surface area (Å²) in [5, 5.41) is 43.7. The lowest BCUT2D eigenvalue weighted by molar-refractivity contribution is 0.470. The van der Waals surface area contributed by atoms with Crippen LogP contribution in [-0.2, 0) is 0 Å². The molecule has 37 heavy (non-hydrogen) atoms. The van der Waals surface area contributed by atoms with E-state index < -0.39 is 0 Å². The molecule has 0 aliphatic heterocycles. The third-order valence-corrected chi connectivity index (χ3v) is 4.50. The van der Waals surface area contributed by atoms with Crippen molar-refractivity contribution in [3.05, 3.63) is 151 Å². The van der Waals surface area contributed by atoms with E-state index in [2.05, 4.69) is 0 Å². The molecule has 0 spiro atoms. The van der Waals surface area contributed by atoms with Crippen LogP contribution in [0.4, 0.5) is 0 Å².